The second-order valence-electron chi connectivity index (χ2n) is 7.80. The highest BCUT2D eigenvalue weighted by Gasteiger charge is 2.33. The summed E-state index contributed by atoms with van der Waals surface area (Å²) >= 11 is 1.09. The summed E-state index contributed by atoms with van der Waals surface area (Å²) in [4.78, 5) is 21.4. The smallest absolute Gasteiger partial charge is 0.369 e. The number of anilines is 2. The van der Waals surface area contributed by atoms with Crippen molar-refractivity contribution in [2.45, 2.75) is 19.5 Å². The molecule has 2 aromatic heterocycles. The molecule has 1 fully saturated rings. The van der Waals surface area contributed by atoms with Crippen LogP contribution in [0.1, 0.15) is 16.8 Å². The van der Waals surface area contributed by atoms with E-state index in [1.807, 2.05) is 24.3 Å². The van der Waals surface area contributed by atoms with Gasteiger partial charge in [0.25, 0.3) is 0 Å². The lowest BCUT2D eigenvalue weighted by atomic mass is 10.1. The lowest BCUT2D eigenvalue weighted by Crippen LogP contribution is -2.44. The molecule has 0 atom stereocenters. The number of pyridine rings is 1. The predicted molar refractivity (Wildman–Crippen MR) is 118 cm³/mol. The van der Waals surface area contributed by atoms with Gasteiger partial charge in [0.15, 0.2) is 0 Å². The van der Waals surface area contributed by atoms with E-state index in [0.29, 0.717) is 16.6 Å². The first-order valence-corrected chi connectivity index (χ1v) is 10.9. The van der Waals surface area contributed by atoms with Crippen LogP contribution >= 0.6 is 11.3 Å². The van der Waals surface area contributed by atoms with Gasteiger partial charge in [0.2, 0.25) is 5.91 Å². The molecule has 5 nitrogen and oxygen atoms in total. The second kappa shape index (κ2) is 8.47. The fourth-order valence-corrected chi connectivity index (χ4v) is 4.80. The number of carbonyl (C=O) groups excluding carboxylic acids is 1. The molecule has 0 spiro atoms. The molecule has 0 radical (unpaired) electrons. The average Bonchev–Trinajstić information content (AvgIpc) is 3.11. The van der Waals surface area contributed by atoms with Crippen molar-refractivity contribution in [1.82, 2.24) is 9.88 Å². The molecular formula is C22H23F3N4OS. The van der Waals surface area contributed by atoms with Crippen LogP contribution in [0.15, 0.2) is 35.7 Å². The Balaban J connectivity index is 1.53. The zero-order valence-corrected chi connectivity index (χ0v) is 18.1. The standard InChI is InChI=1S/C22H23F3N4OS/c1-14-11-18(22(23,24)25)27-21-20(14)16(13-31-21)26-19(30)12-15-5-3-4-6-17(15)29-9-7-28(2)8-10-29/h3-6,11,13H,7-10,12H2,1-2H3,(H,26,30). The summed E-state index contributed by atoms with van der Waals surface area (Å²) in [5.41, 5.74) is 2.00. The molecule has 1 amide bonds. The summed E-state index contributed by atoms with van der Waals surface area (Å²) in [5, 5.41) is 5.08. The van der Waals surface area contributed by atoms with Crippen molar-refractivity contribution in [2.24, 2.45) is 0 Å². The summed E-state index contributed by atoms with van der Waals surface area (Å²) in [7, 11) is 2.09. The Labute approximate surface area is 182 Å². The van der Waals surface area contributed by atoms with E-state index >= 15 is 0 Å². The fourth-order valence-electron chi connectivity index (χ4n) is 3.85. The quantitative estimate of drug-likeness (QED) is 0.636. The Morgan fingerprint density at radius 3 is 2.61 bits per heavy atom. The number of piperazine rings is 1. The van der Waals surface area contributed by atoms with E-state index in [1.54, 1.807) is 12.3 Å². The number of rotatable bonds is 4. The number of para-hydroxylation sites is 1. The first kappa shape index (κ1) is 21.6. The van der Waals surface area contributed by atoms with E-state index in [1.165, 1.54) is 0 Å². The number of fused-ring (bicyclic) bond motifs is 1. The minimum absolute atomic E-state index is 0.187. The van der Waals surface area contributed by atoms with Gasteiger partial charge >= 0.3 is 6.18 Å². The molecule has 1 aromatic carbocycles. The molecule has 1 aliphatic rings. The highest BCUT2D eigenvalue weighted by atomic mass is 32.1. The Morgan fingerprint density at radius 1 is 1.19 bits per heavy atom. The van der Waals surface area contributed by atoms with Crippen molar-refractivity contribution in [3.8, 4) is 0 Å². The van der Waals surface area contributed by atoms with Crippen LogP contribution in [0.5, 0.6) is 0 Å². The number of hydrogen-bond acceptors (Lipinski definition) is 5. The minimum Gasteiger partial charge on any atom is -0.369 e. The number of benzene rings is 1. The molecule has 1 aliphatic heterocycles. The summed E-state index contributed by atoms with van der Waals surface area (Å²) in [6.07, 6.45) is -4.31. The van der Waals surface area contributed by atoms with E-state index < -0.39 is 11.9 Å². The van der Waals surface area contributed by atoms with E-state index in [2.05, 4.69) is 27.1 Å². The topological polar surface area (TPSA) is 48.5 Å². The van der Waals surface area contributed by atoms with Gasteiger partial charge in [-0.25, -0.2) is 4.98 Å². The summed E-state index contributed by atoms with van der Waals surface area (Å²) in [5.74, 6) is -0.208. The molecule has 1 N–H and O–H groups in total. The Kier molecular flexibility index (Phi) is 5.90. The molecule has 4 rings (SSSR count). The van der Waals surface area contributed by atoms with Crippen LogP contribution in [0.2, 0.25) is 0 Å². The summed E-state index contributed by atoms with van der Waals surface area (Å²) in [6.45, 7) is 5.33. The summed E-state index contributed by atoms with van der Waals surface area (Å²) < 4.78 is 39.1. The number of alkyl halides is 3. The summed E-state index contributed by atoms with van der Waals surface area (Å²) in [6, 6.07) is 8.87. The van der Waals surface area contributed by atoms with Gasteiger partial charge < -0.3 is 15.1 Å². The van der Waals surface area contributed by atoms with E-state index in [9.17, 15) is 18.0 Å². The largest absolute Gasteiger partial charge is 0.433 e. The number of nitrogens with one attached hydrogen (secondary N) is 1. The second-order valence-corrected chi connectivity index (χ2v) is 8.65. The number of aromatic nitrogens is 1. The first-order valence-electron chi connectivity index (χ1n) is 9.99. The van der Waals surface area contributed by atoms with Crippen LogP contribution in [0.4, 0.5) is 24.5 Å². The van der Waals surface area contributed by atoms with Crippen molar-refractivity contribution >= 4 is 38.8 Å². The number of nitrogens with zero attached hydrogens (tertiary/aromatic N) is 3. The van der Waals surface area contributed by atoms with Gasteiger partial charge in [0, 0.05) is 42.6 Å². The fraction of sp³-hybridized carbons (Fsp3) is 0.364. The molecule has 31 heavy (non-hydrogen) atoms. The van der Waals surface area contributed by atoms with E-state index in [4.69, 9.17) is 0 Å². The van der Waals surface area contributed by atoms with Crippen LogP contribution in [0.25, 0.3) is 10.2 Å². The minimum atomic E-state index is -4.50. The van der Waals surface area contributed by atoms with Crippen molar-refractivity contribution in [2.75, 3.05) is 43.4 Å². The Morgan fingerprint density at radius 2 is 1.90 bits per heavy atom. The third-order valence-electron chi connectivity index (χ3n) is 5.49. The van der Waals surface area contributed by atoms with Crippen LogP contribution in [0.3, 0.4) is 0 Å². The number of carbonyl (C=O) groups is 1. The van der Waals surface area contributed by atoms with Gasteiger partial charge in [0.05, 0.1) is 12.1 Å². The molecule has 9 heteroatoms. The Bertz CT molecular complexity index is 1100. The van der Waals surface area contributed by atoms with Gasteiger partial charge in [-0.3, -0.25) is 4.79 Å². The van der Waals surface area contributed by atoms with Crippen LogP contribution < -0.4 is 10.2 Å². The number of thiophene rings is 1. The van der Waals surface area contributed by atoms with Crippen LogP contribution in [-0.2, 0) is 17.4 Å². The van der Waals surface area contributed by atoms with Crippen molar-refractivity contribution in [1.29, 1.82) is 0 Å². The maximum absolute atomic E-state index is 13.0. The molecule has 0 aliphatic carbocycles. The monoisotopic (exact) mass is 448 g/mol. The first-order chi connectivity index (χ1) is 14.7. The predicted octanol–water partition coefficient (Wildman–Crippen LogP) is 4.56. The maximum Gasteiger partial charge on any atom is 0.433 e. The number of aryl methyl sites for hydroxylation is 1. The van der Waals surface area contributed by atoms with Gasteiger partial charge in [-0.05, 0) is 37.2 Å². The highest BCUT2D eigenvalue weighted by molar-refractivity contribution is 7.17. The maximum atomic E-state index is 13.0. The van der Waals surface area contributed by atoms with E-state index in [-0.39, 0.29) is 17.2 Å². The number of amides is 1. The van der Waals surface area contributed by atoms with Crippen LogP contribution in [-0.4, -0.2) is 49.0 Å². The number of hydrogen-bond donors (Lipinski definition) is 1. The molecule has 1 saturated heterocycles. The highest BCUT2D eigenvalue weighted by Crippen LogP contribution is 2.36. The van der Waals surface area contributed by atoms with Gasteiger partial charge in [-0.15, -0.1) is 11.3 Å². The molecule has 0 bridgehead atoms. The molecule has 3 aromatic rings. The SMILES string of the molecule is Cc1cc(C(F)(F)F)nc2scc(NC(=O)Cc3ccccc3N3CCN(C)CC3)c12. The van der Waals surface area contributed by atoms with Gasteiger partial charge in [-0.2, -0.15) is 13.2 Å². The van der Waals surface area contributed by atoms with Gasteiger partial charge in [-0.1, -0.05) is 18.2 Å². The Hall–Kier alpha value is -2.65. The number of likely N-dealkylation sites (N-methyl/N-ethyl adjacent to an activating group) is 1. The van der Waals surface area contributed by atoms with Crippen molar-refractivity contribution < 1.29 is 18.0 Å². The number of halogens is 3. The lowest BCUT2D eigenvalue weighted by Gasteiger charge is -2.35. The van der Waals surface area contributed by atoms with Gasteiger partial charge in [0.1, 0.15) is 10.5 Å². The third-order valence-corrected chi connectivity index (χ3v) is 6.36. The normalized spacial score (nSPS) is 15.5. The zero-order chi connectivity index (χ0) is 22.2. The zero-order valence-electron chi connectivity index (χ0n) is 17.3. The van der Waals surface area contributed by atoms with Crippen molar-refractivity contribution in [3.05, 3.63) is 52.5 Å². The van der Waals surface area contributed by atoms with Crippen LogP contribution in [0, 0.1) is 6.92 Å². The molecule has 0 unspecified atom stereocenters. The van der Waals surface area contributed by atoms with Crippen molar-refractivity contribution in [3.63, 3.8) is 0 Å². The molecule has 0 saturated carbocycles. The molecule has 164 valence electrons. The molecule has 3 heterocycles. The third kappa shape index (κ3) is 4.67. The lowest BCUT2D eigenvalue weighted by molar-refractivity contribution is -0.141. The molecular weight excluding hydrogens is 425 g/mol. The average molecular weight is 449 g/mol. The van der Waals surface area contributed by atoms with E-state index in [0.717, 1.165) is 54.8 Å².